The van der Waals surface area contributed by atoms with Gasteiger partial charge in [-0.3, -0.25) is 0 Å². The van der Waals surface area contributed by atoms with E-state index in [9.17, 15) is 0 Å². The van der Waals surface area contributed by atoms with Gasteiger partial charge in [-0.1, -0.05) is 15.9 Å². The zero-order valence-electron chi connectivity index (χ0n) is 9.17. The standard InChI is InChI=1S/C12H11Br2N3/c1-7-4-5-16-12(11(7)15)17-10-6-8(13)2-3-9(10)14/h2-6H,15H2,1H3,(H,16,17). The van der Waals surface area contributed by atoms with Crippen LogP contribution in [0.2, 0.25) is 0 Å². The summed E-state index contributed by atoms with van der Waals surface area (Å²) < 4.78 is 1.96. The Morgan fingerprint density at radius 2 is 2.00 bits per heavy atom. The molecule has 0 radical (unpaired) electrons. The summed E-state index contributed by atoms with van der Waals surface area (Å²) in [4.78, 5) is 4.23. The fraction of sp³-hybridized carbons (Fsp3) is 0.0833. The SMILES string of the molecule is Cc1ccnc(Nc2cc(Br)ccc2Br)c1N. The molecule has 1 heterocycles. The largest absolute Gasteiger partial charge is 0.396 e. The lowest BCUT2D eigenvalue weighted by atomic mass is 10.2. The molecule has 3 N–H and O–H groups in total. The average molecular weight is 357 g/mol. The second-order valence-corrected chi connectivity index (χ2v) is 5.41. The summed E-state index contributed by atoms with van der Waals surface area (Å²) in [7, 11) is 0. The molecule has 0 aliphatic heterocycles. The molecule has 0 aliphatic rings. The van der Waals surface area contributed by atoms with Crippen molar-refractivity contribution in [3.05, 3.63) is 45.0 Å². The minimum atomic E-state index is 0.666. The summed E-state index contributed by atoms with van der Waals surface area (Å²) in [5.74, 6) is 0.670. The number of hydrogen-bond acceptors (Lipinski definition) is 3. The van der Waals surface area contributed by atoms with E-state index < -0.39 is 0 Å². The van der Waals surface area contributed by atoms with Gasteiger partial charge in [-0.25, -0.2) is 4.98 Å². The number of nitrogens with zero attached hydrogens (tertiary/aromatic N) is 1. The van der Waals surface area contributed by atoms with E-state index in [1.54, 1.807) is 6.20 Å². The third kappa shape index (κ3) is 2.79. The van der Waals surface area contributed by atoms with E-state index in [1.165, 1.54) is 0 Å². The van der Waals surface area contributed by atoms with Gasteiger partial charge in [0.05, 0.1) is 11.4 Å². The quantitative estimate of drug-likeness (QED) is 0.846. The Bertz CT molecular complexity index is 555. The van der Waals surface area contributed by atoms with Gasteiger partial charge in [-0.2, -0.15) is 0 Å². The topological polar surface area (TPSA) is 50.9 Å². The van der Waals surface area contributed by atoms with Gasteiger partial charge in [0.15, 0.2) is 5.82 Å². The number of halogens is 2. The Morgan fingerprint density at radius 1 is 1.24 bits per heavy atom. The molecule has 1 aromatic carbocycles. The molecule has 0 aliphatic carbocycles. The number of rotatable bonds is 2. The molecular weight excluding hydrogens is 346 g/mol. The molecule has 0 amide bonds. The maximum Gasteiger partial charge on any atom is 0.153 e. The number of nitrogens with one attached hydrogen (secondary N) is 1. The summed E-state index contributed by atoms with van der Waals surface area (Å²) >= 11 is 6.91. The maximum atomic E-state index is 5.97. The van der Waals surface area contributed by atoms with Crippen molar-refractivity contribution in [1.82, 2.24) is 4.98 Å². The van der Waals surface area contributed by atoms with E-state index in [4.69, 9.17) is 5.73 Å². The van der Waals surface area contributed by atoms with E-state index in [1.807, 2.05) is 31.2 Å². The van der Waals surface area contributed by atoms with Gasteiger partial charge >= 0.3 is 0 Å². The zero-order valence-corrected chi connectivity index (χ0v) is 12.3. The number of nitrogens with two attached hydrogens (primary N) is 1. The predicted octanol–water partition coefficient (Wildman–Crippen LogP) is 4.24. The van der Waals surface area contributed by atoms with Gasteiger partial charge in [0.1, 0.15) is 0 Å². The van der Waals surface area contributed by atoms with Crippen LogP contribution in [0.25, 0.3) is 0 Å². The molecule has 0 unspecified atom stereocenters. The summed E-state index contributed by atoms with van der Waals surface area (Å²) in [5.41, 5.74) is 8.56. The van der Waals surface area contributed by atoms with Crippen molar-refractivity contribution in [1.29, 1.82) is 0 Å². The van der Waals surface area contributed by atoms with Crippen LogP contribution in [0.3, 0.4) is 0 Å². The number of aryl methyl sites for hydroxylation is 1. The Kier molecular flexibility index (Phi) is 3.69. The zero-order chi connectivity index (χ0) is 12.4. The number of hydrogen-bond donors (Lipinski definition) is 2. The number of anilines is 3. The van der Waals surface area contributed by atoms with Crippen molar-refractivity contribution in [2.45, 2.75) is 6.92 Å². The molecule has 0 saturated heterocycles. The van der Waals surface area contributed by atoms with Crippen molar-refractivity contribution >= 4 is 49.1 Å². The fourth-order valence-corrected chi connectivity index (χ4v) is 2.10. The van der Waals surface area contributed by atoms with Gasteiger partial charge < -0.3 is 11.1 Å². The predicted molar refractivity (Wildman–Crippen MR) is 78.5 cm³/mol. The van der Waals surface area contributed by atoms with Crippen LogP contribution < -0.4 is 11.1 Å². The van der Waals surface area contributed by atoms with E-state index in [-0.39, 0.29) is 0 Å². The van der Waals surface area contributed by atoms with Crippen LogP contribution in [0, 0.1) is 6.92 Å². The Morgan fingerprint density at radius 3 is 2.76 bits per heavy atom. The van der Waals surface area contributed by atoms with Crippen LogP contribution >= 0.6 is 31.9 Å². The van der Waals surface area contributed by atoms with Crippen molar-refractivity contribution in [2.75, 3.05) is 11.1 Å². The van der Waals surface area contributed by atoms with Gasteiger partial charge in [-0.05, 0) is 52.7 Å². The molecule has 88 valence electrons. The van der Waals surface area contributed by atoms with Crippen LogP contribution in [0.4, 0.5) is 17.2 Å². The molecule has 5 heteroatoms. The van der Waals surface area contributed by atoms with Crippen LogP contribution in [-0.2, 0) is 0 Å². The lowest BCUT2D eigenvalue weighted by Crippen LogP contribution is -2.01. The highest BCUT2D eigenvalue weighted by Crippen LogP contribution is 2.30. The Balaban J connectivity index is 2.38. The van der Waals surface area contributed by atoms with Crippen LogP contribution in [0.1, 0.15) is 5.56 Å². The third-order valence-electron chi connectivity index (χ3n) is 2.39. The molecule has 2 aromatic rings. The van der Waals surface area contributed by atoms with E-state index in [0.717, 1.165) is 20.2 Å². The molecule has 0 bridgehead atoms. The first-order chi connectivity index (χ1) is 8.08. The van der Waals surface area contributed by atoms with E-state index >= 15 is 0 Å². The van der Waals surface area contributed by atoms with Crippen LogP contribution in [0.5, 0.6) is 0 Å². The van der Waals surface area contributed by atoms with Crippen LogP contribution in [0.15, 0.2) is 39.4 Å². The Labute approximate surface area is 117 Å². The highest BCUT2D eigenvalue weighted by atomic mass is 79.9. The first-order valence-corrected chi connectivity index (χ1v) is 6.59. The summed E-state index contributed by atoms with van der Waals surface area (Å²) in [6.45, 7) is 1.96. The highest BCUT2D eigenvalue weighted by Gasteiger charge is 2.06. The maximum absolute atomic E-state index is 5.97. The molecule has 3 nitrogen and oxygen atoms in total. The minimum absolute atomic E-state index is 0.666. The lowest BCUT2D eigenvalue weighted by Gasteiger charge is -2.11. The normalized spacial score (nSPS) is 10.3. The number of nitrogen functional groups attached to an aromatic ring is 1. The first-order valence-electron chi connectivity index (χ1n) is 5.01. The van der Waals surface area contributed by atoms with Gasteiger partial charge in [0, 0.05) is 15.1 Å². The Hall–Kier alpha value is -1.07. The van der Waals surface area contributed by atoms with Gasteiger partial charge in [0.2, 0.25) is 0 Å². The number of aromatic nitrogens is 1. The molecular formula is C12H11Br2N3. The van der Waals surface area contributed by atoms with Gasteiger partial charge in [0.25, 0.3) is 0 Å². The average Bonchev–Trinajstić information content (AvgIpc) is 2.30. The molecule has 0 fully saturated rings. The highest BCUT2D eigenvalue weighted by molar-refractivity contribution is 9.11. The smallest absolute Gasteiger partial charge is 0.153 e. The second-order valence-electron chi connectivity index (χ2n) is 3.64. The summed E-state index contributed by atoms with van der Waals surface area (Å²) in [6, 6.07) is 7.77. The monoisotopic (exact) mass is 355 g/mol. The molecule has 1 aromatic heterocycles. The van der Waals surface area contributed by atoms with Crippen LogP contribution in [-0.4, -0.2) is 4.98 Å². The van der Waals surface area contributed by atoms with Gasteiger partial charge in [-0.15, -0.1) is 0 Å². The second kappa shape index (κ2) is 5.06. The van der Waals surface area contributed by atoms with Crippen molar-refractivity contribution in [3.63, 3.8) is 0 Å². The first kappa shape index (κ1) is 12.4. The number of benzene rings is 1. The molecule has 2 rings (SSSR count). The molecule has 0 atom stereocenters. The fourth-order valence-electron chi connectivity index (χ4n) is 1.39. The lowest BCUT2D eigenvalue weighted by molar-refractivity contribution is 1.27. The van der Waals surface area contributed by atoms with Crippen molar-refractivity contribution < 1.29 is 0 Å². The van der Waals surface area contributed by atoms with Crippen molar-refractivity contribution in [3.8, 4) is 0 Å². The van der Waals surface area contributed by atoms with Crippen molar-refractivity contribution in [2.24, 2.45) is 0 Å². The van der Waals surface area contributed by atoms with E-state index in [2.05, 4.69) is 42.2 Å². The van der Waals surface area contributed by atoms with E-state index in [0.29, 0.717) is 11.5 Å². The summed E-state index contributed by atoms with van der Waals surface area (Å²) in [6.07, 6.45) is 1.74. The third-order valence-corrected chi connectivity index (χ3v) is 3.57. The number of pyridine rings is 1. The molecule has 0 spiro atoms. The molecule has 0 saturated carbocycles. The minimum Gasteiger partial charge on any atom is -0.396 e. The molecule has 17 heavy (non-hydrogen) atoms. The summed E-state index contributed by atoms with van der Waals surface area (Å²) in [5, 5.41) is 3.21.